The molecule has 0 atom stereocenters. The van der Waals surface area contributed by atoms with Crippen LogP contribution in [0.3, 0.4) is 0 Å². The lowest BCUT2D eigenvalue weighted by Gasteiger charge is -2.24. The summed E-state index contributed by atoms with van der Waals surface area (Å²) < 4.78 is 10.7. The van der Waals surface area contributed by atoms with E-state index in [1.54, 1.807) is 0 Å². The number of benzene rings is 1. The summed E-state index contributed by atoms with van der Waals surface area (Å²) in [6, 6.07) is 3.75. The van der Waals surface area contributed by atoms with Gasteiger partial charge in [-0.3, -0.25) is 9.59 Å². The number of Topliss-reactive ketones (excluding diaryl/α,β-unsaturated/α-hetero) is 1. The van der Waals surface area contributed by atoms with E-state index in [-0.39, 0.29) is 23.2 Å². The van der Waals surface area contributed by atoms with E-state index in [0.717, 1.165) is 16.9 Å². The Balaban J connectivity index is 2.49. The Labute approximate surface area is 131 Å². The number of hydrogen-bond donors (Lipinski definition) is 0. The summed E-state index contributed by atoms with van der Waals surface area (Å²) in [4.78, 5) is 23.2. The van der Waals surface area contributed by atoms with Gasteiger partial charge in [-0.25, -0.2) is 0 Å². The van der Waals surface area contributed by atoms with Crippen molar-refractivity contribution in [3.63, 3.8) is 0 Å². The Morgan fingerprint density at radius 1 is 1.27 bits per heavy atom. The van der Waals surface area contributed by atoms with Gasteiger partial charge in [-0.1, -0.05) is 34.6 Å². The minimum absolute atomic E-state index is 0.132. The van der Waals surface area contributed by atoms with Gasteiger partial charge in [-0.05, 0) is 17.5 Å². The molecule has 4 nitrogen and oxygen atoms in total. The third-order valence-electron chi connectivity index (χ3n) is 3.93. The molecule has 0 saturated heterocycles. The summed E-state index contributed by atoms with van der Waals surface area (Å²) in [7, 11) is 0. The predicted molar refractivity (Wildman–Crippen MR) is 84.6 cm³/mol. The molecule has 2 rings (SSSR count). The van der Waals surface area contributed by atoms with Gasteiger partial charge in [0.25, 0.3) is 0 Å². The number of hydrogen-bond acceptors (Lipinski definition) is 4. The summed E-state index contributed by atoms with van der Waals surface area (Å²) in [5.74, 6) is 0.252. The Morgan fingerprint density at radius 2 is 1.91 bits per heavy atom. The van der Waals surface area contributed by atoms with Crippen LogP contribution >= 0.6 is 0 Å². The molecule has 1 aromatic rings. The van der Waals surface area contributed by atoms with Crippen LogP contribution in [0.25, 0.3) is 0 Å². The molecule has 0 aromatic heterocycles. The van der Waals surface area contributed by atoms with Crippen molar-refractivity contribution in [2.45, 2.75) is 52.4 Å². The predicted octanol–water partition coefficient (Wildman–Crippen LogP) is 3.40. The first-order valence-corrected chi connectivity index (χ1v) is 7.51. The van der Waals surface area contributed by atoms with Crippen molar-refractivity contribution in [3.05, 3.63) is 28.8 Å². The minimum atomic E-state index is -0.450. The van der Waals surface area contributed by atoms with Gasteiger partial charge in [0.2, 0.25) is 0 Å². The Morgan fingerprint density at radius 3 is 2.45 bits per heavy atom. The Bertz CT molecular complexity index is 621. The van der Waals surface area contributed by atoms with Crippen LogP contribution in [0, 0.1) is 0 Å². The fourth-order valence-corrected chi connectivity index (χ4v) is 2.59. The van der Waals surface area contributed by atoms with Crippen molar-refractivity contribution in [3.8, 4) is 5.75 Å². The maximum absolute atomic E-state index is 12.3. The largest absolute Gasteiger partial charge is 0.492 e. The molecule has 0 bridgehead atoms. The Hall–Kier alpha value is -1.84. The van der Waals surface area contributed by atoms with Gasteiger partial charge in [-0.2, -0.15) is 0 Å². The van der Waals surface area contributed by atoms with Crippen LogP contribution in [0.5, 0.6) is 5.75 Å². The fraction of sp³-hybridized carbons (Fsp3) is 0.556. The molecule has 1 aromatic carbocycles. The summed E-state index contributed by atoms with van der Waals surface area (Å²) >= 11 is 0. The smallest absolute Gasteiger partial charge is 0.303 e. The fourth-order valence-electron chi connectivity index (χ4n) is 2.59. The maximum atomic E-state index is 12.3. The second-order valence-corrected chi connectivity index (χ2v) is 7.53. The third-order valence-corrected chi connectivity index (χ3v) is 3.93. The van der Waals surface area contributed by atoms with Gasteiger partial charge >= 0.3 is 5.97 Å². The molecule has 0 aliphatic carbocycles. The molecule has 4 heteroatoms. The SMILES string of the molecule is CC(=O)OCC(=O)c1cc(C(C)(C)C)c2c(c1)C(C)(C)CO2. The van der Waals surface area contributed by atoms with Crippen molar-refractivity contribution in [1.82, 2.24) is 0 Å². The first-order chi connectivity index (χ1) is 10.0. The van der Waals surface area contributed by atoms with Crippen LogP contribution < -0.4 is 4.74 Å². The molecule has 1 aliphatic rings. The van der Waals surface area contributed by atoms with Gasteiger partial charge in [0.15, 0.2) is 12.4 Å². The standard InChI is InChI=1S/C18H24O4/c1-11(19)21-9-15(20)12-7-13(17(2,3)4)16-14(8-12)18(5,6)10-22-16/h7-8H,9-10H2,1-6H3. The van der Waals surface area contributed by atoms with Crippen molar-refractivity contribution in [2.24, 2.45) is 0 Å². The molecule has 22 heavy (non-hydrogen) atoms. The highest BCUT2D eigenvalue weighted by Crippen LogP contribution is 2.45. The van der Waals surface area contributed by atoms with Crippen molar-refractivity contribution >= 4 is 11.8 Å². The van der Waals surface area contributed by atoms with Crippen molar-refractivity contribution < 1.29 is 19.1 Å². The van der Waals surface area contributed by atoms with Gasteiger partial charge in [0, 0.05) is 29.0 Å². The number of fused-ring (bicyclic) bond motifs is 1. The average molecular weight is 304 g/mol. The van der Waals surface area contributed by atoms with Gasteiger partial charge in [0.1, 0.15) is 5.75 Å². The maximum Gasteiger partial charge on any atom is 0.303 e. The van der Waals surface area contributed by atoms with E-state index in [1.807, 2.05) is 12.1 Å². The van der Waals surface area contributed by atoms with E-state index in [0.29, 0.717) is 12.2 Å². The molecule has 0 N–H and O–H groups in total. The third kappa shape index (κ3) is 3.16. The molecule has 0 saturated carbocycles. The van der Waals surface area contributed by atoms with Crippen LogP contribution in [0.1, 0.15) is 63.0 Å². The zero-order chi connectivity index (χ0) is 16.7. The van der Waals surface area contributed by atoms with Gasteiger partial charge < -0.3 is 9.47 Å². The van der Waals surface area contributed by atoms with Crippen LogP contribution in [-0.4, -0.2) is 25.0 Å². The summed E-state index contributed by atoms with van der Waals surface area (Å²) in [6.45, 7) is 12.2. The van der Waals surface area contributed by atoms with E-state index >= 15 is 0 Å². The van der Waals surface area contributed by atoms with Gasteiger partial charge in [0.05, 0.1) is 6.61 Å². The molecule has 1 aliphatic heterocycles. The number of carbonyl (C=O) groups excluding carboxylic acids is 2. The van der Waals surface area contributed by atoms with Crippen LogP contribution in [0.4, 0.5) is 0 Å². The lowest BCUT2D eigenvalue weighted by molar-refractivity contribution is -0.139. The lowest BCUT2D eigenvalue weighted by atomic mass is 9.79. The van der Waals surface area contributed by atoms with E-state index in [1.165, 1.54) is 6.92 Å². The Kier molecular flexibility index (Phi) is 4.07. The highest BCUT2D eigenvalue weighted by molar-refractivity contribution is 5.98. The van der Waals surface area contributed by atoms with E-state index in [9.17, 15) is 9.59 Å². The topological polar surface area (TPSA) is 52.6 Å². The van der Waals surface area contributed by atoms with Crippen molar-refractivity contribution in [1.29, 1.82) is 0 Å². The van der Waals surface area contributed by atoms with Crippen LogP contribution in [0.15, 0.2) is 12.1 Å². The number of carbonyl (C=O) groups is 2. The van der Waals surface area contributed by atoms with E-state index in [4.69, 9.17) is 9.47 Å². The number of ketones is 1. The summed E-state index contributed by atoms with van der Waals surface area (Å²) in [5, 5.41) is 0. The molecular weight excluding hydrogens is 280 g/mol. The monoisotopic (exact) mass is 304 g/mol. The molecule has 120 valence electrons. The minimum Gasteiger partial charge on any atom is -0.492 e. The van der Waals surface area contributed by atoms with Crippen LogP contribution in [0.2, 0.25) is 0 Å². The first-order valence-electron chi connectivity index (χ1n) is 7.51. The second kappa shape index (κ2) is 5.41. The number of rotatable bonds is 3. The molecule has 0 unspecified atom stereocenters. The molecule has 0 amide bonds. The average Bonchev–Trinajstić information content (AvgIpc) is 2.70. The lowest BCUT2D eigenvalue weighted by Crippen LogP contribution is -2.20. The summed E-state index contributed by atoms with van der Waals surface area (Å²) in [6.07, 6.45) is 0. The molecule has 1 heterocycles. The zero-order valence-electron chi connectivity index (χ0n) is 14.2. The molecule has 0 fully saturated rings. The highest BCUT2D eigenvalue weighted by Gasteiger charge is 2.36. The van der Waals surface area contributed by atoms with Gasteiger partial charge in [-0.15, -0.1) is 0 Å². The van der Waals surface area contributed by atoms with E-state index < -0.39 is 5.97 Å². The van der Waals surface area contributed by atoms with Crippen LogP contribution in [-0.2, 0) is 20.4 Å². The number of esters is 1. The molecule has 0 spiro atoms. The zero-order valence-corrected chi connectivity index (χ0v) is 14.2. The molecular formula is C18H24O4. The van der Waals surface area contributed by atoms with E-state index in [2.05, 4.69) is 34.6 Å². The number of ether oxygens (including phenoxy) is 2. The molecule has 0 radical (unpaired) electrons. The first kappa shape index (κ1) is 16.5. The summed E-state index contributed by atoms with van der Waals surface area (Å²) in [5.41, 5.74) is 2.37. The highest BCUT2D eigenvalue weighted by atomic mass is 16.5. The van der Waals surface area contributed by atoms with Crippen molar-refractivity contribution in [2.75, 3.05) is 13.2 Å². The quantitative estimate of drug-likeness (QED) is 0.634. The second-order valence-electron chi connectivity index (χ2n) is 7.53. The normalized spacial score (nSPS) is 15.9.